The van der Waals surface area contributed by atoms with Gasteiger partial charge in [-0.25, -0.2) is 4.79 Å². The van der Waals surface area contributed by atoms with Gasteiger partial charge in [0.25, 0.3) is 0 Å². The minimum Gasteiger partial charge on any atom is -0.337 e. The summed E-state index contributed by atoms with van der Waals surface area (Å²) < 4.78 is 0. The quantitative estimate of drug-likeness (QED) is 0.801. The van der Waals surface area contributed by atoms with Crippen molar-refractivity contribution in [2.45, 2.75) is 30.0 Å². The Hall–Kier alpha value is -2.01. The van der Waals surface area contributed by atoms with Crippen LogP contribution in [0.2, 0.25) is 0 Å². The number of urea groups is 1. The van der Waals surface area contributed by atoms with E-state index in [1.165, 1.54) is 4.90 Å². The van der Waals surface area contributed by atoms with Gasteiger partial charge in [-0.3, -0.25) is 4.98 Å². The third-order valence-corrected chi connectivity index (χ3v) is 4.22. The lowest BCUT2D eigenvalue weighted by Crippen LogP contribution is -2.39. The molecule has 0 saturated heterocycles. The highest BCUT2D eigenvalue weighted by Crippen LogP contribution is 2.21. The second-order valence-corrected chi connectivity index (χ2v) is 6.58. The first kappa shape index (κ1) is 16.4. The topological polar surface area (TPSA) is 54.0 Å². The molecule has 0 aliphatic heterocycles. The Morgan fingerprint density at radius 2 is 1.86 bits per heavy atom. The predicted molar refractivity (Wildman–Crippen MR) is 90.9 cm³/mol. The van der Waals surface area contributed by atoms with E-state index in [-0.39, 0.29) is 12.1 Å². The summed E-state index contributed by atoms with van der Waals surface area (Å²) in [7, 11) is 0. The largest absolute Gasteiger partial charge is 0.337 e. The average molecular weight is 315 g/mol. The van der Waals surface area contributed by atoms with Gasteiger partial charge in [0.2, 0.25) is 0 Å². The highest BCUT2D eigenvalue weighted by Gasteiger charge is 2.11. The molecule has 0 aliphatic rings. The lowest BCUT2D eigenvalue weighted by atomic mass is 10.2. The molecule has 2 aromatic rings. The predicted octanol–water partition coefficient (Wildman–Crippen LogP) is 3.62. The van der Waals surface area contributed by atoms with Crippen LogP contribution in [-0.2, 0) is 0 Å². The van der Waals surface area contributed by atoms with Gasteiger partial charge >= 0.3 is 6.03 Å². The summed E-state index contributed by atoms with van der Waals surface area (Å²) in [5.41, 5.74) is 0.851. The molecule has 4 nitrogen and oxygen atoms in total. The van der Waals surface area contributed by atoms with E-state index in [1.54, 1.807) is 18.0 Å². The fraction of sp³-hybridized carbons (Fsp3) is 0.294. The Labute approximate surface area is 135 Å². The fourth-order valence-corrected chi connectivity index (χ4v) is 2.91. The minimum absolute atomic E-state index is 0.113. The number of nitrogens with zero attached hydrogens (tertiary/aromatic N) is 1. The van der Waals surface area contributed by atoms with Crippen molar-refractivity contribution in [3.63, 3.8) is 0 Å². The van der Waals surface area contributed by atoms with Gasteiger partial charge in [0.05, 0.1) is 11.7 Å². The first-order valence-corrected chi connectivity index (χ1v) is 8.20. The summed E-state index contributed by atoms with van der Waals surface area (Å²) in [6, 6.07) is 15.6. The molecule has 116 valence electrons. The Morgan fingerprint density at radius 3 is 2.55 bits per heavy atom. The molecule has 22 heavy (non-hydrogen) atoms. The molecule has 0 radical (unpaired) electrons. The van der Waals surface area contributed by atoms with Crippen LogP contribution in [-0.4, -0.2) is 22.8 Å². The van der Waals surface area contributed by atoms with Gasteiger partial charge in [-0.1, -0.05) is 31.2 Å². The van der Waals surface area contributed by atoms with E-state index in [0.29, 0.717) is 11.8 Å². The summed E-state index contributed by atoms with van der Waals surface area (Å²) >= 11 is 1.75. The number of benzene rings is 1. The number of aromatic nitrogens is 1. The summed E-state index contributed by atoms with van der Waals surface area (Å²) in [5.74, 6) is 0. The second-order valence-electron chi connectivity index (χ2n) is 5.07. The number of thioether (sulfide) groups is 1. The minimum atomic E-state index is -0.168. The molecule has 0 fully saturated rings. The number of pyridine rings is 1. The van der Waals surface area contributed by atoms with E-state index in [9.17, 15) is 4.79 Å². The van der Waals surface area contributed by atoms with Crippen molar-refractivity contribution < 1.29 is 4.79 Å². The van der Waals surface area contributed by atoms with Crippen LogP contribution in [0.3, 0.4) is 0 Å². The van der Waals surface area contributed by atoms with Crippen LogP contribution in [0.25, 0.3) is 0 Å². The Balaban J connectivity index is 1.73. The average Bonchev–Trinajstić information content (AvgIpc) is 2.55. The van der Waals surface area contributed by atoms with E-state index in [1.807, 2.05) is 43.3 Å². The number of nitrogens with one attached hydrogen (secondary N) is 2. The third-order valence-electron chi connectivity index (χ3n) is 3.11. The molecule has 0 aliphatic carbocycles. The second kappa shape index (κ2) is 8.44. The Morgan fingerprint density at radius 1 is 1.14 bits per heavy atom. The van der Waals surface area contributed by atoms with Crippen molar-refractivity contribution in [3.05, 3.63) is 60.4 Å². The number of hydrogen-bond donors (Lipinski definition) is 2. The van der Waals surface area contributed by atoms with Gasteiger partial charge in [-0.2, -0.15) is 0 Å². The molecular formula is C17H21N3OS. The van der Waals surface area contributed by atoms with Crippen molar-refractivity contribution in [3.8, 4) is 0 Å². The molecule has 0 spiro atoms. The summed E-state index contributed by atoms with van der Waals surface area (Å²) in [5, 5.41) is 6.10. The van der Waals surface area contributed by atoms with Gasteiger partial charge in [0, 0.05) is 22.9 Å². The molecule has 5 heteroatoms. The van der Waals surface area contributed by atoms with E-state index in [0.717, 1.165) is 5.69 Å². The standard InChI is InChI=1S/C17H21N3OS/c1-13(22-15-8-4-3-5-9-15)12-19-17(21)20-14(2)16-10-6-7-11-18-16/h3-11,13-14H,12H2,1-2H3,(H2,19,20,21)/t13-,14-/m1/s1. The van der Waals surface area contributed by atoms with Crippen LogP contribution in [0, 0.1) is 0 Å². The van der Waals surface area contributed by atoms with Crippen molar-refractivity contribution in [2.75, 3.05) is 6.54 Å². The monoisotopic (exact) mass is 315 g/mol. The molecule has 2 N–H and O–H groups in total. The third kappa shape index (κ3) is 5.41. The van der Waals surface area contributed by atoms with Gasteiger partial charge in [0.1, 0.15) is 0 Å². The normalized spacial score (nSPS) is 13.2. The maximum atomic E-state index is 11.9. The van der Waals surface area contributed by atoms with E-state index in [2.05, 4.69) is 34.7 Å². The molecule has 0 saturated carbocycles. The van der Waals surface area contributed by atoms with Crippen LogP contribution in [0.15, 0.2) is 59.6 Å². The number of hydrogen-bond acceptors (Lipinski definition) is 3. The van der Waals surface area contributed by atoms with E-state index < -0.39 is 0 Å². The molecule has 1 heterocycles. The lowest BCUT2D eigenvalue weighted by Gasteiger charge is -2.16. The van der Waals surface area contributed by atoms with Crippen LogP contribution >= 0.6 is 11.8 Å². The van der Waals surface area contributed by atoms with Crippen molar-refractivity contribution in [1.29, 1.82) is 0 Å². The van der Waals surface area contributed by atoms with Gasteiger partial charge in [-0.15, -0.1) is 11.8 Å². The van der Waals surface area contributed by atoms with Gasteiger partial charge < -0.3 is 10.6 Å². The molecule has 0 bridgehead atoms. The SMILES string of the molecule is C[C@H](CNC(=O)N[C@H](C)c1ccccn1)Sc1ccccc1. The Kier molecular flexibility index (Phi) is 6.27. The Bertz CT molecular complexity index is 577. The molecule has 2 amide bonds. The van der Waals surface area contributed by atoms with Crippen molar-refractivity contribution >= 4 is 17.8 Å². The van der Waals surface area contributed by atoms with Crippen LogP contribution < -0.4 is 10.6 Å². The summed E-state index contributed by atoms with van der Waals surface area (Å²) in [6.45, 7) is 4.63. The van der Waals surface area contributed by atoms with Gasteiger partial charge in [0.15, 0.2) is 0 Å². The first-order chi connectivity index (χ1) is 10.6. The van der Waals surface area contributed by atoms with E-state index >= 15 is 0 Å². The zero-order chi connectivity index (χ0) is 15.8. The smallest absolute Gasteiger partial charge is 0.315 e. The highest BCUT2D eigenvalue weighted by atomic mass is 32.2. The first-order valence-electron chi connectivity index (χ1n) is 7.32. The van der Waals surface area contributed by atoms with Crippen LogP contribution in [0.1, 0.15) is 25.6 Å². The van der Waals surface area contributed by atoms with Gasteiger partial charge in [-0.05, 0) is 31.2 Å². The van der Waals surface area contributed by atoms with Crippen molar-refractivity contribution in [1.82, 2.24) is 15.6 Å². The zero-order valence-electron chi connectivity index (χ0n) is 12.8. The molecular weight excluding hydrogens is 294 g/mol. The summed E-state index contributed by atoms with van der Waals surface area (Å²) in [4.78, 5) is 17.4. The molecule has 2 atom stereocenters. The molecule has 1 aromatic heterocycles. The molecule has 0 unspecified atom stereocenters. The zero-order valence-corrected chi connectivity index (χ0v) is 13.6. The van der Waals surface area contributed by atoms with Crippen molar-refractivity contribution in [2.24, 2.45) is 0 Å². The van der Waals surface area contributed by atoms with Crippen LogP contribution in [0.4, 0.5) is 4.79 Å². The van der Waals surface area contributed by atoms with Crippen LogP contribution in [0.5, 0.6) is 0 Å². The maximum absolute atomic E-state index is 11.9. The highest BCUT2D eigenvalue weighted by molar-refractivity contribution is 8.00. The molecule has 1 aromatic carbocycles. The number of amides is 2. The van der Waals surface area contributed by atoms with E-state index in [4.69, 9.17) is 0 Å². The number of rotatable bonds is 6. The number of carbonyl (C=O) groups excluding carboxylic acids is 1. The lowest BCUT2D eigenvalue weighted by molar-refractivity contribution is 0.238. The maximum Gasteiger partial charge on any atom is 0.315 e. The summed E-state index contributed by atoms with van der Waals surface area (Å²) in [6.07, 6.45) is 1.73. The number of carbonyl (C=O) groups is 1. The fourth-order valence-electron chi connectivity index (χ4n) is 1.96. The molecule has 2 rings (SSSR count).